The Morgan fingerprint density at radius 3 is 2.55 bits per heavy atom. The Hall–Kier alpha value is -4.17. The van der Waals surface area contributed by atoms with E-state index in [-0.39, 0.29) is 30.6 Å². The standard InChI is InChI=1S/C22H21FN6O4/c23-15-3-5-16(6-4-15)26-19(30)13-25-20(31)14-28-7-9-29(10-8-28)22-17(12-24)27-21(33-22)18-2-1-11-32-18/h1-6,11H,7-10,13-14H2,(H,25,31)(H,26,30). The number of carbonyl (C=O) groups excluding carboxylic acids is 2. The van der Waals surface area contributed by atoms with Crippen molar-refractivity contribution < 1.29 is 22.8 Å². The average molecular weight is 452 g/mol. The van der Waals surface area contributed by atoms with Gasteiger partial charge in [0.2, 0.25) is 23.4 Å². The van der Waals surface area contributed by atoms with Gasteiger partial charge in [0.05, 0.1) is 19.4 Å². The third-order valence-electron chi connectivity index (χ3n) is 5.05. The lowest BCUT2D eigenvalue weighted by Gasteiger charge is -2.33. The minimum absolute atomic E-state index is 0.136. The summed E-state index contributed by atoms with van der Waals surface area (Å²) in [6.07, 6.45) is 1.50. The van der Waals surface area contributed by atoms with Crippen molar-refractivity contribution in [3.63, 3.8) is 0 Å². The smallest absolute Gasteiger partial charge is 0.266 e. The number of anilines is 2. The molecular weight excluding hydrogens is 431 g/mol. The molecule has 1 fully saturated rings. The molecule has 33 heavy (non-hydrogen) atoms. The van der Waals surface area contributed by atoms with Crippen molar-refractivity contribution in [1.29, 1.82) is 5.26 Å². The van der Waals surface area contributed by atoms with Gasteiger partial charge < -0.3 is 24.4 Å². The monoisotopic (exact) mass is 452 g/mol. The summed E-state index contributed by atoms with van der Waals surface area (Å²) in [5, 5.41) is 14.6. The summed E-state index contributed by atoms with van der Waals surface area (Å²) in [7, 11) is 0. The minimum atomic E-state index is -0.401. The lowest BCUT2D eigenvalue weighted by Crippen LogP contribution is -2.50. The number of nitriles is 1. The van der Waals surface area contributed by atoms with Gasteiger partial charge in [0.1, 0.15) is 11.9 Å². The van der Waals surface area contributed by atoms with Gasteiger partial charge in [0.25, 0.3) is 5.89 Å². The number of oxazole rings is 1. The Balaban J connectivity index is 1.23. The maximum absolute atomic E-state index is 12.9. The first-order valence-corrected chi connectivity index (χ1v) is 10.3. The van der Waals surface area contributed by atoms with Gasteiger partial charge in [0.15, 0.2) is 5.76 Å². The fraction of sp³-hybridized carbons (Fsp3) is 0.273. The molecule has 1 aromatic carbocycles. The van der Waals surface area contributed by atoms with Gasteiger partial charge in [-0.3, -0.25) is 14.5 Å². The van der Waals surface area contributed by atoms with Crippen molar-refractivity contribution in [2.45, 2.75) is 0 Å². The van der Waals surface area contributed by atoms with E-state index in [0.717, 1.165) is 0 Å². The molecule has 0 atom stereocenters. The third kappa shape index (κ3) is 5.55. The van der Waals surface area contributed by atoms with E-state index < -0.39 is 11.7 Å². The highest BCUT2D eigenvalue weighted by molar-refractivity contribution is 5.94. The van der Waals surface area contributed by atoms with Gasteiger partial charge in [-0.2, -0.15) is 10.2 Å². The second-order valence-electron chi connectivity index (χ2n) is 7.36. The molecular formula is C22H21FN6O4. The number of nitrogens with one attached hydrogen (secondary N) is 2. The third-order valence-corrected chi connectivity index (χ3v) is 5.05. The zero-order valence-electron chi connectivity index (χ0n) is 17.6. The van der Waals surface area contributed by atoms with Crippen molar-refractivity contribution in [2.24, 2.45) is 0 Å². The number of aromatic nitrogens is 1. The summed E-state index contributed by atoms with van der Waals surface area (Å²) in [6, 6.07) is 10.8. The first-order valence-electron chi connectivity index (χ1n) is 10.3. The van der Waals surface area contributed by atoms with Gasteiger partial charge in [-0.15, -0.1) is 0 Å². The number of benzene rings is 1. The summed E-state index contributed by atoms with van der Waals surface area (Å²) in [4.78, 5) is 32.2. The second-order valence-corrected chi connectivity index (χ2v) is 7.36. The maximum Gasteiger partial charge on any atom is 0.266 e. The van der Waals surface area contributed by atoms with Crippen LogP contribution in [-0.2, 0) is 9.59 Å². The Morgan fingerprint density at radius 1 is 1.12 bits per heavy atom. The molecule has 0 unspecified atom stereocenters. The lowest BCUT2D eigenvalue weighted by atomic mass is 10.3. The number of rotatable bonds is 7. The Kier molecular flexibility index (Phi) is 6.66. The molecule has 1 saturated heterocycles. The molecule has 2 aromatic heterocycles. The summed E-state index contributed by atoms with van der Waals surface area (Å²) in [6.45, 7) is 2.17. The van der Waals surface area contributed by atoms with Crippen LogP contribution in [0.4, 0.5) is 16.0 Å². The van der Waals surface area contributed by atoms with Crippen LogP contribution in [0.2, 0.25) is 0 Å². The van der Waals surface area contributed by atoms with E-state index in [0.29, 0.717) is 43.5 Å². The van der Waals surface area contributed by atoms with Crippen LogP contribution in [0.3, 0.4) is 0 Å². The van der Waals surface area contributed by atoms with Gasteiger partial charge in [0, 0.05) is 31.9 Å². The highest BCUT2D eigenvalue weighted by Gasteiger charge is 2.26. The van der Waals surface area contributed by atoms with Crippen LogP contribution in [0, 0.1) is 17.1 Å². The number of nitrogens with zero attached hydrogens (tertiary/aromatic N) is 4. The summed E-state index contributed by atoms with van der Waals surface area (Å²) in [5.41, 5.74) is 0.630. The Labute approximate surface area is 188 Å². The summed E-state index contributed by atoms with van der Waals surface area (Å²) in [5.74, 6) is -0.0162. The highest BCUT2D eigenvalue weighted by Crippen LogP contribution is 2.29. The molecule has 0 aliphatic carbocycles. The van der Waals surface area contributed by atoms with E-state index in [1.165, 1.54) is 30.5 Å². The van der Waals surface area contributed by atoms with Crippen LogP contribution >= 0.6 is 0 Å². The van der Waals surface area contributed by atoms with E-state index in [9.17, 15) is 19.2 Å². The molecule has 1 aliphatic rings. The predicted octanol–water partition coefficient (Wildman–Crippen LogP) is 1.82. The van der Waals surface area contributed by atoms with Crippen LogP contribution in [0.1, 0.15) is 5.69 Å². The molecule has 4 rings (SSSR count). The van der Waals surface area contributed by atoms with Crippen LogP contribution < -0.4 is 15.5 Å². The summed E-state index contributed by atoms with van der Waals surface area (Å²) >= 11 is 0. The second kappa shape index (κ2) is 9.97. The molecule has 1 aliphatic heterocycles. The molecule has 10 nitrogen and oxygen atoms in total. The van der Waals surface area contributed by atoms with E-state index in [2.05, 4.69) is 15.6 Å². The predicted molar refractivity (Wildman–Crippen MR) is 116 cm³/mol. The zero-order valence-corrected chi connectivity index (χ0v) is 17.6. The lowest BCUT2D eigenvalue weighted by molar-refractivity contribution is -0.125. The van der Waals surface area contributed by atoms with Gasteiger partial charge >= 0.3 is 0 Å². The molecule has 0 radical (unpaired) electrons. The van der Waals surface area contributed by atoms with Gasteiger partial charge in [-0.1, -0.05) is 0 Å². The van der Waals surface area contributed by atoms with Crippen molar-refractivity contribution in [3.8, 4) is 17.7 Å². The van der Waals surface area contributed by atoms with Gasteiger partial charge in [-0.25, -0.2) is 4.39 Å². The number of amides is 2. The average Bonchev–Trinajstić information content (AvgIpc) is 3.50. The van der Waals surface area contributed by atoms with Gasteiger partial charge in [-0.05, 0) is 36.4 Å². The van der Waals surface area contributed by atoms with Crippen molar-refractivity contribution in [1.82, 2.24) is 15.2 Å². The van der Waals surface area contributed by atoms with Crippen LogP contribution in [-0.4, -0.2) is 61.0 Å². The number of hydrogen-bond donors (Lipinski definition) is 2. The van der Waals surface area contributed by atoms with Crippen LogP contribution in [0.5, 0.6) is 0 Å². The quantitative estimate of drug-likeness (QED) is 0.556. The number of carbonyl (C=O) groups is 2. The molecule has 170 valence electrons. The van der Waals surface area contributed by atoms with Crippen molar-refractivity contribution >= 4 is 23.4 Å². The topological polar surface area (TPSA) is 128 Å². The normalized spacial score (nSPS) is 14.0. The fourth-order valence-corrected chi connectivity index (χ4v) is 3.39. The number of halogens is 1. The zero-order chi connectivity index (χ0) is 23.2. The molecule has 3 heterocycles. The molecule has 3 aromatic rings. The minimum Gasteiger partial charge on any atom is -0.459 e. The van der Waals surface area contributed by atoms with Crippen molar-refractivity contribution in [3.05, 3.63) is 54.2 Å². The molecule has 0 saturated carbocycles. The molecule has 0 bridgehead atoms. The summed E-state index contributed by atoms with van der Waals surface area (Å²) < 4.78 is 24.0. The Bertz CT molecular complexity index is 1140. The number of hydrogen-bond acceptors (Lipinski definition) is 8. The van der Waals surface area contributed by atoms with E-state index in [4.69, 9.17) is 8.83 Å². The van der Waals surface area contributed by atoms with E-state index in [1.807, 2.05) is 15.9 Å². The number of piperazine rings is 1. The molecule has 2 N–H and O–H groups in total. The fourth-order valence-electron chi connectivity index (χ4n) is 3.39. The van der Waals surface area contributed by atoms with Crippen LogP contribution in [0.15, 0.2) is 51.5 Å². The largest absolute Gasteiger partial charge is 0.459 e. The highest BCUT2D eigenvalue weighted by atomic mass is 19.1. The first-order chi connectivity index (χ1) is 16.0. The SMILES string of the molecule is N#Cc1nc(-c2ccco2)oc1N1CCN(CC(=O)NCC(=O)Nc2ccc(F)cc2)CC1. The maximum atomic E-state index is 12.9. The van der Waals surface area contributed by atoms with Crippen molar-refractivity contribution in [2.75, 3.05) is 49.5 Å². The van der Waals surface area contributed by atoms with E-state index in [1.54, 1.807) is 12.1 Å². The van der Waals surface area contributed by atoms with Crippen LogP contribution in [0.25, 0.3) is 11.7 Å². The van der Waals surface area contributed by atoms with E-state index >= 15 is 0 Å². The first kappa shape index (κ1) is 22.0. The molecule has 11 heteroatoms. The molecule has 0 spiro atoms. The number of furan rings is 1. The molecule has 2 amide bonds. The Morgan fingerprint density at radius 2 is 1.88 bits per heavy atom.